The molecule has 2 aromatic rings. The van der Waals surface area contributed by atoms with Crippen LogP contribution < -0.4 is 0 Å². The number of phosphoric acid groups is 1. The minimum absolute atomic E-state index is 0.188. The molecule has 5 nitrogen and oxygen atoms in total. The van der Waals surface area contributed by atoms with Crippen molar-refractivity contribution < 1.29 is 18.5 Å². The van der Waals surface area contributed by atoms with Crippen molar-refractivity contribution in [2.24, 2.45) is 0 Å². The normalized spacial score (nSPS) is 10.9. The standard InChI is InChI=1S/C9H7N.C4H11O4P/c1-2-6-9-8(4-1)5-3-7-10-9;1-3-7-9(5,6)8-4-2/h1-7H;3-4H2,1-2H3,(H,5,6). The van der Waals surface area contributed by atoms with Crippen molar-refractivity contribution in [1.29, 1.82) is 0 Å². The molecule has 6 heteroatoms. The van der Waals surface area contributed by atoms with Gasteiger partial charge in [-0.2, -0.15) is 0 Å². The summed E-state index contributed by atoms with van der Waals surface area (Å²) in [7, 11) is -3.69. The minimum Gasteiger partial charge on any atom is -0.302 e. The second-order valence-corrected chi connectivity index (χ2v) is 4.95. The highest BCUT2D eigenvalue weighted by molar-refractivity contribution is 7.47. The summed E-state index contributed by atoms with van der Waals surface area (Å²) in [6, 6.07) is 12.1. The number of benzene rings is 1. The Kier molecular flexibility index (Phi) is 6.67. The van der Waals surface area contributed by atoms with Gasteiger partial charge in [-0.15, -0.1) is 0 Å². The van der Waals surface area contributed by atoms with E-state index in [4.69, 9.17) is 4.89 Å². The van der Waals surface area contributed by atoms with E-state index in [1.165, 1.54) is 5.39 Å². The highest BCUT2D eigenvalue weighted by atomic mass is 31.2. The first-order valence-corrected chi connectivity index (χ1v) is 7.50. The first kappa shape index (κ1) is 15.8. The Morgan fingerprint density at radius 2 is 1.68 bits per heavy atom. The van der Waals surface area contributed by atoms with Crippen molar-refractivity contribution >= 4 is 18.7 Å². The van der Waals surface area contributed by atoms with Gasteiger partial charge in [0.05, 0.1) is 18.7 Å². The third-order valence-corrected chi connectivity index (χ3v) is 3.27. The molecular formula is C13H18NO4P. The van der Waals surface area contributed by atoms with Crippen molar-refractivity contribution in [3.8, 4) is 0 Å². The van der Waals surface area contributed by atoms with Gasteiger partial charge >= 0.3 is 7.82 Å². The summed E-state index contributed by atoms with van der Waals surface area (Å²) in [5.41, 5.74) is 1.06. The number of rotatable bonds is 4. The second-order valence-electron chi connectivity index (χ2n) is 3.50. The summed E-state index contributed by atoms with van der Waals surface area (Å²) < 4.78 is 19.2. The third kappa shape index (κ3) is 5.94. The molecule has 0 saturated carbocycles. The molecule has 1 aromatic heterocycles. The van der Waals surface area contributed by atoms with Gasteiger partial charge in [-0.05, 0) is 26.0 Å². The van der Waals surface area contributed by atoms with Crippen LogP contribution in [-0.2, 0) is 13.6 Å². The van der Waals surface area contributed by atoms with Crippen LogP contribution in [0.15, 0.2) is 42.6 Å². The van der Waals surface area contributed by atoms with Crippen LogP contribution in [0, 0.1) is 0 Å². The first-order chi connectivity index (χ1) is 9.09. The zero-order valence-corrected chi connectivity index (χ0v) is 11.9. The van der Waals surface area contributed by atoms with Gasteiger partial charge < -0.3 is 4.89 Å². The fourth-order valence-corrected chi connectivity index (χ4v) is 2.11. The summed E-state index contributed by atoms with van der Waals surface area (Å²) in [5.74, 6) is 0. The van der Waals surface area contributed by atoms with E-state index in [0.29, 0.717) is 0 Å². The van der Waals surface area contributed by atoms with E-state index >= 15 is 0 Å². The first-order valence-electron chi connectivity index (χ1n) is 6.00. The molecule has 0 spiro atoms. The number of hydrogen-bond acceptors (Lipinski definition) is 4. The van der Waals surface area contributed by atoms with Crippen LogP contribution in [0.3, 0.4) is 0 Å². The fourth-order valence-electron chi connectivity index (χ4n) is 1.38. The summed E-state index contributed by atoms with van der Waals surface area (Å²) in [6.45, 7) is 3.63. The van der Waals surface area contributed by atoms with Crippen LogP contribution in [-0.4, -0.2) is 23.1 Å². The summed E-state index contributed by atoms with van der Waals surface area (Å²) in [4.78, 5) is 12.8. The highest BCUT2D eigenvalue weighted by Gasteiger charge is 2.17. The monoisotopic (exact) mass is 283 g/mol. The van der Waals surface area contributed by atoms with Crippen LogP contribution in [0.2, 0.25) is 0 Å². The van der Waals surface area contributed by atoms with Gasteiger partial charge in [-0.1, -0.05) is 24.3 Å². The lowest BCUT2D eigenvalue weighted by molar-refractivity contribution is 0.161. The Balaban J connectivity index is 0.000000192. The Morgan fingerprint density at radius 3 is 2.26 bits per heavy atom. The van der Waals surface area contributed by atoms with Gasteiger partial charge in [0.2, 0.25) is 0 Å². The van der Waals surface area contributed by atoms with E-state index in [9.17, 15) is 4.57 Å². The summed E-state index contributed by atoms with van der Waals surface area (Å²) in [6.07, 6.45) is 1.81. The minimum atomic E-state index is -3.69. The molecule has 1 N–H and O–H groups in total. The molecule has 19 heavy (non-hydrogen) atoms. The molecular weight excluding hydrogens is 265 g/mol. The molecule has 2 rings (SSSR count). The number of hydrogen-bond donors (Lipinski definition) is 1. The number of phosphoric ester groups is 1. The number of pyridine rings is 1. The number of fused-ring (bicyclic) bond motifs is 1. The molecule has 104 valence electrons. The Bertz CT molecular complexity index is 471. The SMILES string of the molecule is CCOP(=O)(O)OCC.c1ccc2ncccc2c1. The Hall–Kier alpha value is -1.26. The Labute approximate surface area is 112 Å². The van der Waals surface area contributed by atoms with Gasteiger partial charge in [-0.25, -0.2) is 4.57 Å². The van der Waals surface area contributed by atoms with Crippen molar-refractivity contribution in [1.82, 2.24) is 4.98 Å². The van der Waals surface area contributed by atoms with Gasteiger partial charge in [-0.3, -0.25) is 14.0 Å². The average molecular weight is 283 g/mol. The summed E-state index contributed by atoms with van der Waals surface area (Å²) >= 11 is 0. The van der Waals surface area contributed by atoms with Crippen molar-refractivity contribution in [2.75, 3.05) is 13.2 Å². The highest BCUT2D eigenvalue weighted by Crippen LogP contribution is 2.42. The fraction of sp³-hybridized carbons (Fsp3) is 0.308. The predicted molar refractivity (Wildman–Crippen MR) is 74.8 cm³/mol. The van der Waals surface area contributed by atoms with Gasteiger partial charge in [0.1, 0.15) is 0 Å². The average Bonchev–Trinajstić information content (AvgIpc) is 2.39. The molecule has 0 aliphatic carbocycles. The second kappa shape index (κ2) is 8.02. The largest absolute Gasteiger partial charge is 0.472 e. The van der Waals surface area contributed by atoms with Crippen LogP contribution in [0.25, 0.3) is 10.9 Å². The van der Waals surface area contributed by atoms with E-state index in [0.717, 1.165) is 5.52 Å². The van der Waals surface area contributed by atoms with Gasteiger partial charge in [0.15, 0.2) is 0 Å². The molecule has 0 unspecified atom stereocenters. The molecule has 0 atom stereocenters. The molecule has 0 radical (unpaired) electrons. The number of para-hydroxylation sites is 1. The molecule has 0 aliphatic heterocycles. The van der Waals surface area contributed by atoms with Gasteiger partial charge in [0.25, 0.3) is 0 Å². The smallest absolute Gasteiger partial charge is 0.302 e. The maximum atomic E-state index is 10.5. The van der Waals surface area contributed by atoms with Crippen LogP contribution in [0.4, 0.5) is 0 Å². The lowest BCUT2D eigenvalue weighted by atomic mass is 10.2. The van der Waals surface area contributed by atoms with Crippen molar-refractivity contribution in [3.63, 3.8) is 0 Å². The quantitative estimate of drug-likeness (QED) is 0.871. The van der Waals surface area contributed by atoms with Crippen LogP contribution >= 0.6 is 7.82 Å². The van der Waals surface area contributed by atoms with E-state index in [-0.39, 0.29) is 13.2 Å². The third-order valence-electron chi connectivity index (χ3n) is 2.10. The molecule has 0 aliphatic rings. The number of aromatic nitrogens is 1. The molecule has 0 amide bonds. The van der Waals surface area contributed by atoms with Gasteiger partial charge in [0, 0.05) is 11.6 Å². The predicted octanol–water partition coefficient (Wildman–Crippen LogP) is 3.39. The molecule has 0 saturated heterocycles. The lowest BCUT2D eigenvalue weighted by Gasteiger charge is -2.07. The van der Waals surface area contributed by atoms with E-state index in [1.807, 2.05) is 30.5 Å². The topological polar surface area (TPSA) is 68.7 Å². The van der Waals surface area contributed by atoms with Crippen LogP contribution in [0.1, 0.15) is 13.8 Å². The molecule has 0 bridgehead atoms. The molecule has 1 heterocycles. The zero-order chi connectivity index (χ0) is 14.1. The maximum Gasteiger partial charge on any atom is 0.472 e. The van der Waals surface area contributed by atoms with E-state index in [1.54, 1.807) is 13.8 Å². The lowest BCUT2D eigenvalue weighted by Crippen LogP contribution is -1.93. The Morgan fingerprint density at radius 1 is 1.11 bits per heavy atom. The van der Waals surface area contributed by atoms with E-state index in [2.05, 4.69) is 26.2 Å². The summed E-state index contributed by atoms with van der Waals surface area (Å²) in [5, 5.41) is 1.20. The number of nitrogens with zero attached hydrogens (tertiary/aromatic N) is 1. The van der Waals surface area contributed by atoms with Crippen molar-refractivity contribution in [3.05, 3.63) is 42.6 Å². The van der Waals surface area contributed by atoms with E-state index < -0.39 is 7.82 Å². The molecule has 1 aromatic carbocycles. The maximum absolute atomic E-state index is 10.5. The molecule has 0 fully saturated rings. The van der Waals surface area contributed by atoms with Crippen molar-refractivity contribution in [2.45, 2.75) is 13.8 Å². The van der Waals surface area contributed by atoms with Crippen LogP contribution in [0.5, 0.6) is 0 Å². The zero-order valence-electron chi connectivity index (χ0n) is 11.0.